The first-order chi connectivity index (χ1) is 20.4. The third-order valence-electron chi connectivity index (χ3n) is 7.85. The maximum absolute atomic E-state index is 6.07. The molecular weight excluding hydrogens is 526 g/mol. The van der Waals surface area contributed by atoms with Gasteiger partial charge in [0.1, 0.15) is 5.69 Å². The van der Waals surface area contributed by atoms with Gasteiger partial charge in [0.2, 0.25) is 5.95 Å². The highest BCUT2D eigenvalue weighted by Gasteiger charge is 2.30. The number of ether oxygens (including phenoxy) is 2. The normalized spacial score (nSPS) is 22.9. The van der Waals surface area contributed by atoms with Crippen LogP contribution in [-0.4, -0.2) is 77.1 Å². The molecule has 2 aliphatic rings. The van der Waals surface area contributed by atoms with E-state index in [0.29, 0.717) is 23.7 Å². The van der Waals surface area contributed by atoms with Crippen LogP contribution in [0.2, 0.25) is 0 Å². The average molecular weight is 568 g/mol. The van der Waals surface area contributed by atoms with Gasteiger partial charge in [-0.25, -0.2) is 9.97 Å². The van der Waals surface area contributed by atoms with Crippen LogP contribution in [0.25, 0.3) is 22.4 Å². The van der Waals surface area contributed by atoms with E-state index < -0.39 is 0 Å². The largest absolute Gasteiger partial charge is 0.372 e. The molecule has 2 aromatic carbocycles. The van der Waals surface area contributed by atoms with E-state index >= 15 is 0 Å². The van der Waals surface area contributed by atoms with Gasteiger partial charge in [-0.2, -0.15) is 9.97 Å². The number of rotatable bonds is 7. The van der Waals surface area contributed by atoms with Crippen LogP contribution < -0.4 is 14.7 Å². The summed E-state index contributed by atoms with van der Waals surface area (Å²) in [5, 5.41) is 0. The zero-order chi connectivity index (χ0) is 29.2. The van der Waals surface area contributed by atoms with Crippen molar-refractivity contribution in [3.05, 3.63) is 66.2 Å². The van der Waals surface area contributed by atoms with Crippen molar-refractivity contribution in [1.29, 1.82) is 0 Å². The first-order valence-corrected chi connectivity index (χ1v) is 15.1. The third kappa shape index (κ3) is 6.03. The van der Waals surface area contributed by atoms with Gasteiger partial charge >= 0.3 is 0 Å². The zero-order valence-electron chi connectivity index (χ0n) is 25.3. The molecule has 0 spiro atoms. The molecule has 2 aromatic heterocycles. The van der Waals surface area contributed by atoms with Crippen molar-refractivity contribution in [2.75, 3.05) is 47.4 Å². The van der Waals surface area contributed by atoms with E-state index in [4.69, 9.17) is 29.4 Å². The number of nitrogens with zero attached hydrogens (tertiary/aromatic N) is 7. The lowest BCUT2D eigenvalue weighted by Gasteiger charge is -2.37. The molecule has 0 aliphatic carbocycles. The van der Waals surface area contributed by atoms with Crippen molar-refractivity contribution in [3.63, 3.8) is 0 Å². The van der Waals surface area contributed by atoms with Crippen molar-refractivity contribution in [1.82, 2.24) is 19.9 Å². The summed E-state index contributed by atoms with van der Waals surface area (Å²) in [4.78, 5) is 27.7. The zero-order valence-corrected chi connectivity index (χ0v) is 25.3. The Morgan fingerprint density at radius 2 is 1.29 bits per heavy atom. The minimum Gasteiger partial charge on any atom is -0.372 e. The molecule has 0 N–H and O–H groups in total. The third-order valence-corrected chi connectivity index (χ3v) is 7.85. The van der Waals surface area contributed by atoms with Gasteiger partial charge in [-0.1, -0.05) is 60.7 Å². The second kappa shape index (κ2) is 12.2. The molecule has 4 unspecified atom stereocenters. The molecule has 0 amide bonds. The molecule has 2 fully saturated rings. The molecule has 0 saturated carbocycles. The van der Waals surface area contributed by atoms with Gasteiger partial charge in [0, 0.05) is 44.8 Å². The summed E-state index contributed by atoms with van der Waals surface area (Å²) in [6.07, 6.45) is 0.344. The molecule has 4 heterocycles. The van der Waals surface area contributed by atoms with Crippen molar-refractivity contribution < 1.29 is 9.47 Å². The van der Waals surface area contributed by atoms with Crippen LogP contribution >= 0.6 is 0 Å². The number of aromatic nitrogens is 4. The predicted molar refractivity (Wildman–Crippen MR) is 168 cm³/mol. The number of benzene rings is 2. The van der Waals surface area contributed by atoms with Crippen molar-refractivity contribution in [3.8, 4) is 11.3 Å². The number of morpholine rings is 2. The summed E-state index contributed by atoms with van der Waals surface area (Å²) in [7, 11) is 0. The summed E-state index contributed by atoms with van der Waals surface area (Å²) in [5.74, 6) is 2.30. The van der Waals surface area contributed by atoms with Gasteiger partial charge < -0.3 is 24.2 Å². The van der Waals surface area contributed by atoms with E-state index in [1.807, 2.05) is 24.3 Å². The highest BCUT2D eigenvalue weighted by molar-refractivity contribution is 5.89. The highest BCUT2D eigenvalue weighted by Crippen LogP contribution is 2.35. The fourth-order valence-corrected chi connectivity index (χ4v) is 6.12. The molecule has 9 heteroatoms. The molecule has 4 atom stereocenters. The van der Waals surface area contributed by atoms with Crippen LogP contribution in [0.3, 0.4) is 0 Å². The monoisotopic (exact) mass is 567 g/mol. The number of hydrogen-bond acceptors (Lipinski definition) is 9. The molecule has 4 aromatic rings. The van der Waals surface area contributed by atoms with Crippen LogP contribution in [-0.2, 0) is 16.0 Å². The van der Waals surface area contributed by atoms with E-state index in [1.165, 1.54) is 5.56 Å². The van der Waals surface area contributed by atoms with Gasteiger partial charge in [-0.15, -0.1) is 0 Å². The van der Waals surface area contributed by atoms with E-state index in [-0.39, 0.29) is 24.4 Å². The Balaban J connectivity index is 1.55. The Morgan fingerprint density at radius 3 is 1.88 bits per heavy atom. The van der Waals surface area contributed by atoms with Gasteiger partial charge in [0.05, 0.1) is 24.4 Å². The Kier molecular flexibility index (Phi) is 8.22. The highest BCUT2D eigenvalue weighted by atomic mass is 16.5. The van der Waals surface area contributed by atoms with Gasteiger partial charge in [-0.3, -0.25) is 0 Å². The van der Waals surface area contributed by atoms with E-state index in [1.54, 1.807) is 0 Å². The first-order valence-electron chi connectivity index (χ1n) is 15.1. The van der Waals surface area contributed by atoms with Crippen LogP contribution in [0.15, 0.2) is 60.7 Å². The number of fused-ring (bicyclic) bond motifs is 1. The predicted octanol–water partition coefficient (Wildman–Crippen LogP) is 5.34. The summed E-state index contributed by atoms with van der Waals surface area (Å²) in [6, 6.07) is 20.8. The average Bonchev–Trinajstić information content (AvgIpc) is 2.98. The molecular formula is C33H41N7O2. The molecule has 0 radical (unpaired) electrons. The van der Waals surface area contributed by atoms with E-state index in [2.05, 4.69) is 85.7 Å². The Hall–Kier alpha value is -3.82. The minimum absolute atomic E-state index is 0.0847. The molecule has 6 rings (SSSR count). The van der Waals surface area contributed by atoms with Crippen molar-refractivity contribution in [2.45, 2.75) is 65.6 Å². The fourth-order valence-electron chi connectivity index (χ4n) is 6.12. The van der Waals surface area contributed by atoms with Gasteiger partial charge in [0.25, 0.3) is 0 Å². The lowest BCUT2D eigenvalue weighted by Crippen LogP contribution is -2.46. The fraction of sp³-hybridized carbons (Fsp3) is 0.455. The molecule has 220 valence electrons. The maximum Gasteiger partial charge on any atom is 0.229 e. The Morgan fingerprint density at radius 1 is 0.714 bits per heavy atom. The summed E-state index contributed by atoms with van der Waals surface area (Å²) < 4.78 is 12.1. The smallest absolute Gasteiger partial charge is 0.229 e. The molecule has 2 aliphatic heterocycles. The Labute approximate surface area is 248 Å². The van der Waals surface area contributed by atoms with Crippen LogP contribution in [0.1, 0.15) is 40.2 Å². The molecule has 42 heavy (non-hydrogen) atoms. The van der Waals surface area contributed by atoms with Crippen LogP contribution in [0, 0.1) is 0 Å². The topological polar surface area (TPSA) is 79.7 Å². The molecule has 0 bridgehead atoms. The number of hydrogen-bond donors (Lipinski definition) is 0. The second-order valence-electron chi connectivity index (χ2n) is 11.6. The standard InChI is InChI=1S/C33H41N7O2/c1-6-38(21-26-13-9-7-10-14-26)32-29-30(36-33(37-32)40-19-24(4)42-25(5)20-40)35-31(39-17-22(2)41-23(3)18-39)28(34-29)27-15-11-8-12-16-27/h7-16,22-25H,6,17-21H2,1-5H3. The number of anilines is 3. The van der Waals surface area contributed by atoms with Gasteiger partial charge in [0.15, 0.2) is 22.8 Å². The molecule has 9 nitrogen and oxygen atoms in total. The maximum atomic E-state index is 6.07. The summed E-state index contributed by atoms with van der Waals surface area (Å²) in [6.45, 7) is 15.0. The Bertz CT molecular complexity index is 1480. The van der Waals surface area contributed by atoms with E-state index in [0.717, 1.165) is 55.6 Å². The van der Waals surface area contributed by atoms with Gasteiger partial charge in [-0.05, 0) is 40.2 Å². The summed E-state index contributed by atoms with van der Waals surface area (Å²) in [5.41, 5.74) is 4.39. The van der Waals surface area contributed by atoms with Crippen molar-refractivity contribution >= 4 is 28.7 Å². The minimum atomic E-state index is 0.0847. The first kappa shape index (κ1) is 28.3. The molecule has 2 saturated heterocycles. The summed E-state index contributed by atoms with van der Waals surface area (Å²) >= 11 is 0. The van der Waals surface area contributed by atoms with Crippen LogP contribution in [0.4, 0.5) is 17.6 Å². The van der Waals surface area contributed by atoms with Crippen molar-refractivity contribution in [2.24, 2.45) is 0 Å². The quantitative estimate of drug-likeness (QED) is 0.294. The lowest BCUT2D eigenvalue weighted by atomic mass is 10.1. The second-order valence-corrected chi connectivity index (χ2v) is 11.6. The van der Waals surface area contributed by atoms with Crippen LogP contribution in [0.5, 0.6) is 0 Å². The lowest BCUT2D eigenvalue weighted by molar-refractivity contribution is -0.00580. The van der Waals surface area contributed by atoms with E-state index in [9.17, 15) is 0 Å². The SMILES string of the molecule is CCN(Cc1ccccc1)c1nc(N2CC(C)OC(C)C2)nc2nc(N3CC(C)OC(C)C3)c(-c3ccccc3)nc12.